The molecule has 5 nitrogen and oxygen atoms in total. The van der Waals surface area contributed by atoms with Crippen LogP contribution < -0.4 is 10.2 Å². The van der Waals surface area contributed by atoms with Crippen molar-refractivity contribution in [2.45, 2.75) is 19.3 Å². The van der Waals surface area contributed by atoms with Gasteiger partial charge in [0.05, 0.1) is 17.8 Å². The molecule has 1 saturated heterocycles. The Morgan fingerprint density at radius 3 is 2.92 bits per heavy atom. The average molecular weight is 371 g/mol. The van der Waals surface area contributed by atoms with Crippen molar-refractivity contribution in [3.05, 3.63) is 46.2 Å². The number of carbonyl (C=O) groups is 1. The maximum Gasteiger partial charge on any atom is 0.230 e. The largest absolute Gasteiger partial charge is 0.355 e. The first-order valence-corrected chi connectivity index (χ1v) is 10.1. The van der Waals surface area contributed by atoms with Gasteiger partial charge in [-0.25, -0.2) is 9.97 Å². The maximum atomic E-state index is 12.5. The Labute approximate surface area is 154 Å². The van der Waals surface area contributed by atoms with Gasteiger partial charge in [-0.3, -0.25) is 4.79 Å². The number of hydrogen-bond donors (Lipinski definition) is 1. The first-order valence-electron chi connectivity index (χ1n) is 8.26. The number of amides is 1. The average Bonchev–Trinajstić information content (AvgIpc) is 3.37. The minimum Gasteiger partial charge on any atom is -0.355 e. The molecule has 0 spiro atoms. The van der Waals surface area contributed by atoms with Crippen molar-refractivity contribution >= 4 is 40.1 Å². The highest BCUT2D eigenvalue weighted by atomic mass is 32.1. The third kappa shape index (κ3) is 3.72. The molecular weight excluding hydrogens is 352 g/mol. The number of anilines is 2. The Balaban J connectivity index is 1.44. The number of thiophene rings is 1. The molecule has 25 heavy (non-hydrogen) atoms. The highest BCUT2D eigenvalue weighted by Crippen LogP contribution is 2.27. The monoisotopic (exact) mass is 370 g/mol. The number of nitrogens with zero attached hydrogens (tertiary/aromatic N) is 3. The number of aromatic nitrogens is 2. The summed E-state index contributed by atoms with van der Waals surface area (Å²) in [5, 5.41) is 10.0. The van der Waals surface area contributed by atoms with Crippen LogP contribution in [-0.4, -0.2) is 29.0 Å². The Morgan fingerprint density at radius 1 is 1.24 bits per heavy atom. The van der Waals surface area contributed by atoms with E-state index < -0.39 is 0 Å². The van der Waals surface area contributed by atoms with Gasteiger partial charge in [-0.2, -0.15) is 11.3 Å². The van der Waals surface area contributed by atoms with E-state index in [0.717, 1.165) is 40.9 Å². The number of thiazole rings is 1. The lowest BCUT2D eigenvalue weighted by molar-refractivity contribution is -0.115. The Kier molecular flexibility index (Phi) is 4.76. The van der Waals surface area contributed by atoms with E-state index in [1.54, 1.807) is 28.9 Å². The molecule has 1 aliphatic heterocycles. The first-order chi connectivity index (χ1) is 12.3. The van der Waals surface area contributed by atoms with Crippen molar-refractivity contribution in [1.29, 1.82) is 0 Å². The molecule has 7 heteroatoms. The van der Waals surface area contributed by atoms with E-state index >= 15 is 0 Å². The van der Waals surface area contributed by atoms with E-state index in [4.69, 9.17) is 0 Å². The molecule has 4 rings (SSSR count). The third-order valence-electron chi connectivity index (χ3n) is 4.13. The zero-order valence-corrected chi connectivity index (χ0v) is 15.3. The van der Waals surface area contributed by atoms with Gasteiger partial charge in [-0.05, 0) is 36.4 Å². The van der Waals surface area contributed by atoms with Gasteiger partial charge in [0.2, 0.25) is 5.91 Å². The number of carbonyl (C=O) groups excluding carboxylic acids is 1. The molecule has 0 atom stereocenters. The van der Waals surface area contributed by atoms with E-state index in [1.807, 2.05) is 29.0 Å². The van der Waals surface area contributed by atoms with Crippen LogP contribution in [0.5, 0.6) is 0 Å². The fourth-order valence-electron chi connectivity index (χ4n) is 2.94. The molecule has 0 radical (unpaired) electrons. The van der Waals surface area contributed by atoms with Gasteiger partial charge in [-0.1, -0.05) is 0 Å². The Bertz CT molecular complexity index is 854. The van der Waals surface area contributed by atoms with E-state index in [2.05, 4.69) is 25.6 Å². The Morgan fingerprint density at radius 2 is 2.12 bits per heavy atom. The smallest absolute Gasteiger partial charge is 0.230 e. The lowest BCUT2D eigenvalue weighted by Crippen LogP contribution is -2.23. The predicted molar refractivity (Wildman–Crippen MR) is 103 cm³/mol. The molecule has 128 valence electrons. The second-order valence-corrected chi connectivity index (χ2v) is 7.59. The summed E-state index contributed by atoms with van der Waals surface area (Å²) in [6, 6.07) is 5.81. The van der Waals surface area contributed by atoms with Gasteiger partial charge in [0.1, 0.15) is 5.01 Å². The van der Waals surface area contributed by atoms with Crippen LogP contribution in [-0.2, 0) is 11.2 Å². The number of pyridine rings is 1. The molecule has 4 heterocycles. The van der Waals surface area contributed by atoms with E-state index in [9.17, 15) is 4.79 Å². The van der Waals surface area contributed by atoms with Gasteiger partial charge in [0.15, 0.2) is 5.82 Å². The topological polar surface area (TPSA) is 58.1 Å². The van der Waals surface area contributed by atoms with Gasteiger partial charge >= 0.3 is 0 Å². The first kappa shape index (κ1) is 16.2. The molecule has 0 aromatic carbocycles. The molecule has 1 aliphatic rings. The molecule has 0 bridgehead atoms. The molecule has 0 aliphatic carbocycles. The lowest BCUT2D eigenvalue weighted by atomic mass is 10.3. The SMILES string of the molecule is O=C(Cc1csc(-c2ccsc2)n1)Nc1cccnc1N1CCCC1. The van der Waals surface area contributed by atoms with Crippen LogP contribution in [0, 0.1) is 0 Å². The standard InChI is InChI=1S/C18H18N4OS2/c23-16(10-14-12-25-18(20-14)13-5-9-24-11-13)21-15-4-3-6-19-17(15)22-7-1-2-8-22/h3-6,9,11-12H,1-2,7-8,10H2,(H,21,23). The molecule has 0 saturated carbocycles. The van der Waals surface area contributed by atoms with Crippen LogP contribution >= 0.6 is 22.7 Å². The van der Waals surface area contributed by atoms with Crippen LogP contribution in [0.1, 0.15) is 18.5 Å². The molecule has 3 aromatic rings. The summed E-state index contributed by atoms with van der Waals surface area (Å²) >= 11 is 3.22. The summed E-state index contributed by atoms with van der Waals surface area (Å²) in [5.41, 5.74) is 2.70. The second-order valence-electron chi connectivity index (χ2n) is 5.95. The van der Waals surface area contributed by atoms with Crippen LogP contribution in [0.25, 0.3) is 10.6 Å². The zero-order chi connectivity index (χ0) is 17.1. The fraction of sp³-hybridized carbons (Fsp3) is 0.278. The molecule has 1 amide bonds. The summed E-state index contributed by atoms with van der Waals surface area (Å²) in [6.07, 6.45) is 4.40. The lowest BCUT2D eigenvalue weighted by Gasteiger charge is -2.19. The number of nitrogens with one attached hydrogen (secondary N) is 1. The third-order valence-corrected chi connectivity index (χ3v) is 5.75. The summed E-state index contributed by atoms with van der Waals surface area (Å²) in [4.78, 5) is 23.7. The van der Waals surface area contributed by atoms with Gasteiger partial charge in [0, 0.05) is 35.6 Å². The molecule has 1 fully saturated rings. The van der Waals surface area contributed by atoms with Gasteiger partial charge in [0.25, 0.3) is 0 Å². The van der Waals surface area contributed by atoms with Crippen molar-refractivity contribution < 1.29 is 4.79 Å². The predicted octanol–water partition coefficient (Wildman–Crippen LogP) is 4.05. The molecular formula is C18H18N4OS2. The second kappa shape index (κ2) is 7.33. The summed E-state index contributed by atoms with van der Waals surface area (Å²) in [7, 11) is 0. The fourth-order valence-corrected chi connectivity index (χ4v) is 4.47. The normalized spacial score (nSPS) is 14.0. The highest BCUT2D eigenvalue weighted by molar-refractivity contribution is 7.14. The van der Waals surface area contributed by atoms with Crippen molar-refractivity contribution in [1.82, 2.24) is 9.97 Å². The van der Waals surface area contributed by atoms with Crippen LogP contribution in [0.3, 0.4) is 0 Å². The summed E-state index contributed by atoms with van der Waals surface area (Å²) in [5.74, 6) is 0.807. The van der Waals surface area contributed by atoms with E-state index in [1.165, 1.54) is 12.8 Å². The van der Waals surface area contributed by atoms with E-state index in [0.29, 0.717) is 0 Å². The molecule has 0 unspecified atom stereocenters. The minimum absolute atomic E-state index is 0.0596. The van der Waals surface area contributed by atoms with E-state index in [-0.39, 0.29) is 12.3 Å². The van der Waals surface area contributed by atoms with Gasteiger partial charge in [-0.15, -0.1) is 11.3 Å². The molecule has 3 aromatic heterocycles. The minimum atomic E-state index is -0.0596. The molecule has 1 N–H and O–H groups in total. The van der Waals surface area contributed by atoms with Crippen molar-refractivity contribution in [3.8, 4) is 10.6 Å². The van der Waals surface area contributed by atoms with Crippen LogP contribution in [0.2, 0.25) is 0 Å². The highest BCUT2D eigenvalue weighted by Gasteiger charge is 2.18. The number of hydrogen-bond acceptors (Lipinski definition) is 6. The quantitative estimate of drug-likeness (QED) is 0.736. The summed E-state index contributed by atoms with van der Waals surface area (Å²) in [6.45, 7) is 1.99. The Hall–Kier alpha value is -2.25. The number of rotatable bonds is 5. The van der Waals surface area contributed by atoms with Crippen molar-refractivity contribution in [2.75, 3.05) is 23.3 Å². The van der Waals surface area contributed by atoms with Crippen LogP contribution in [0.15, 0.2) is 40.5 Å². The van der Waals surface area contributed by atoms with Crippen molar-refractivity contribution in [3.63, 3.8) is 0 Å². The summed E-state index contributed by atoms with van der Waals surface area (Å²) < 4.78 is 0. The zero-order valence-electron chi connectivity index (χ0n) is 13.6. The van der Waals surface area contributed by atoms with Gasteiger partial charge < -0.3 is 10.2 Å². The van der Waals surface area contributed by atoms with Crippen LogP contribution in [0.4, 0.5) is 11.5 Å². The maximum absolute atomic E-state index is 12.5. The van der Waals surface area contributed by atoms with Crippen molar-refractivity contribution in [2.24, 2.45) is 0 Å².